The first kappa shape index (κ1) is 34.0. The predicted octanol–water partition coefficient (Wildman–Crippen LogP) is 15.1. The molecule has 14 rings (SSSR count). The van der Waals surface area contributed by atoms with Gasteiger partial charge in [0.15, 0.2) is 17.1 Å². The van der Waals surface area contributed by atoms with Crippen LogP contribution in [-0.4, -0.2) is 15.0 Å². The minimum absolute atomic E-state index is 0.438. The Balaban J connectivity index is 1.06. The lowest BCUT2D eigenvalue weighted by molar-refractivity contribution is 0.794. The summed E-state index contributed by atoms with van der Waals surface area (Å²) in [5.74, 6) is 0.647. The summed E-state index contributed by atoms with van der Waals surface area (Å²) in [6, 6.07) is 73.5. The Morgan fingerprint density at radius 3 is 1.61 bits per heavy atom. The molecule has 3 heterocycles. The van der Waals surface area contributed by atoms with Crippen molar-refractivity contribution in [2.24, 2.45) is 0 Å². The molecule has 3 nitrogen and oxygen atoms in total. The topological polar surface area (TPSA) is 38.7 Å². The minimum Gasteiger partial charge on any atom is -0.208 e. The lowest BCUT2D eigenvalue weighted by Crippen LogP contribution is -2.25. The zero-order chi connectivity index (χ0) is 40.5. The van der Waals surface area contributed by atoms with Crippen molar-refractivity contribution in [1.82, 2.24) is 15.0 Å². The van der Waals surface area contributed by atoms with Gasteiger partial charge in [-0.25, -0.2) is 15.0 Å². The highest BCUT2D eigenvalue weighted by Gasteiger charge is 2.51. The average molecular weight is 804 g/mol. The SMILES string of the molecule is c1ccc(-c2nc3nc(n2)c2cccc4sc5ccc(cc5c42)c2ccccc2c2cccc3c2)c(-c2ccc3c(c2)C2(c4ccccc4-c4ccccc42)c2ccccc2-3)c1. The van der Waals surface area contributed by atoms with Crippen LogP contribution in [-0.2, 0) is 5.41 Å². The molecule has 0 atom stereocenters. The van der Waals surface area contributed by atoms with Crippen LogP contribution >= 0.6 is 11.3 Å². The molecule has 3 aromatic heterocycles. The van der Waals surface area contributed by atoms with E-state index in [2.05, 4.69) is 200 Å². The molecule has 0 radical (unpaired) electrons. The molecular formula is C58H33N3S. The molecule has 9 aromatic carbocycles. The van der Waals surface area contributed by atoms with E-state index in [1.54, 1.807) is 0 Å². The van der Waals surface area contributed by atoms with E-state index in [4.69, 9.17) is 15.0 Å². The molecule has 0 saturated carbocycles. The van der Waals surface area contributed by atoms with E-state index in [0.717, 1.165) is 32.8 Å². The van der Waals surface area contributed by atoms with E-state index in [1.165, 1.54) is 80.8 Å². The monoisotopic (exact) mass is 803 g/mol. The van der Waals surface area contributed by atoms with Gasteiger partial charge in [-0.1, -0.05) is 170 Å². The number of aromatic nitrogens is 3. The van der Waals surface area contributed by atoms with Crippen molar-refractivity contribution in [2.75, 3.05) is 0 Å². The van der Waals surface area contributed by atoms with Crippen LogP contribution in [0.5, 0.6) is 0 Å². The maximum absolute atomic E-state index is 5.44. The Hall–Kier alpha value is -7.79. The molecule has 0 fully saturated rings. The normalized spacial score (nSPS) is 13.3. The highest BCUT2D eigenvalue weighted by atomic mass is 32.1. The van der Waals surface area contributed by atoms with Gasteiger partial charge in [0, 0.05) is 36.5 Å². The van der Waals surface area contributed by atoms with Crippen LogP contribution in [0.2, 0.25) is 0 Å². The number of hydrogen-bond donors (Lipinski definition) is 0. The van der Waals surface area contributed by atoms with Gasteiger partial charge in [-0.3, -0.25) is 0 Å². The van der Waals surface area contributed by atoms with Crippen molar-refractivity contribution in [3.05, 3.63) is 222 Å². The third-order valence-corrected chi connectivity index (χ3v) is 14.7. The van der Waals surface area contributed by atoms with Crippen LogP contribution < -0.4 is 0 Å². The molecule has 0 unspecified atom stereocenters. The first-order chi connectivity index (χ1) is 30.7. The lowest BCUT2D eigenvalue weighted by atomic mass is 9.70. The Morgan fingerprint density at radius 2 is 0.887 bits per heavy atom. The van der Waals surface area contributed by atoms with Gasteiger partial charge in [0.25, 0.3) is 0 Å². The van der Waals surface area contributed by atoms with Gasteiger partial charge >= 0.3 is 0 Å². The van der Waals surface area contributed by atoms with Crippen molar-refractivity contribution < 1.29 is 0 Å². The standard InChI is InChI=1S/C58H33N3S/c1-2-16-39-35-28-30-52-47(32-35)54-46(22-12-26-53(54)62-52)57-60-55(37-14-11-13-34(31-37)38(39)15-1)59-56(61-57)45-21-4-3-17-40(45)36-27-29-44-43-20-7-10-25-50(43)58(51(44)33-36)48-23-8-5-18-41(48)42-19-6-9-24-49(42)58/h1-33H. The number of hydrogen-bond acceptors (Lipinski definition) is 4. The van der Waals surface area contributed by atoms with Crippen LogP contribution in [0.1, 0.15) is 22.3 Å². The zero-order valence-corrected chi connectivity index (χ0v) is 34.1. The smallest absolute Gasteiger partial charge is 0.164 e. The molecule has 1 spiro atoms. The second-order valence-electron chi connectivity index (χ2n) is 16.6. The molecule has 6 bridgehead atoms. The molecular weight excluding hydrogens is 771 g/mol. The molecule has 4 heteroatoms. The summed E-state index contributed by atoms with van der Waals surface area (Å²) in [5, 5.41) is 9.04. The van der Waals surface area contributed by atoms with Crippen molar-refractivity contribution in [2.45, 2.75) is 5.41 Å². The van der Waals surface area contributed by atoms with Crippen molar-refractivity contribution in [3.8, 4) is 44.8 Å². The molecule has 0 aliphatic heterocycles. The fraction of sp³-hybridized carbons (Fsp3) is 0.0172. The summed E-state index contributed by atoms with van der Waals surface area (Å²) in [4.78, 5) is 16.2. The van der Waals surface area contributed by atoms with Gasteiger partial charge < -0.3 is 0 Å². The molecule has 12 aromatic rings. The molecule has 0 N–H and O–H groups in total. The van der Waals surface area contributed by atoms with Gasteiger partial charge in [0.05, 0.1) is 5.41 Å². The van der Waals surface area contributed by atoms with E-state index < -0.39 is 5.41 Å². The third-order valence-electron chi connectivity index (χ3n) is 13.5. The first-order valence-corrected chi connectivity index (χ1v) is 22.0. The van der Waals surface area contributed by atoms with E-state index in [-0.39, 0.29) is 0 Å². The fourth-order valence-corrected chi connectivity index (χ4v) is 12.0. The number of rotatable bonds is 2. The number of benzene rings is 9. The summed E-state index contributed by atoms with van der Waals surface area (Å²) in [5.41, 5.74) is 14.5. The Kier molecular flexibility index (Phi) is 6.92. The maximum atomic E-state index is 5.44. The van der Waals surface area contributed by atoms with Gasteiger partial charge in [0.1, 0.15) is 0 Å². The van der Waals surface area contributed by atoms with Crippen LogP contribution in [0.4, 0.5) is 0 Å². The fourth-order valence-electron chi connectivity index (χ4n) is 10.9. The molecule has 0 amide bonds. The maximum Gasteiger partial charge on any atom is 0.164 e. The number of thiophene rings is 1. The summed E-state index contributed by atoms with van der Waals surface area (Å²) in [7, 11) is 0. The Labute approximate surface area is 360 Å². The van der Waals surface area contributed by atoms with Crippen LogP contribution in [0.15, 0.2) is 200 Å². The third kappa shape index (κ3) is 4.56. The van der Waals surface area contributed by atoms with Crippen LogP contribution in [0.25, 0.3) is 109 Å². The Bertz CT molecular complexity index is 3890. The largest absolute Gasteiger partial charge is 0.208 e. The molecule has 286 valence electrons. The van der Waals surface area contributed by atoms with Gasteiger partial charge in [0.2, 0.25) is 0 Å². The van der Waals surface area contributed by atoms with E-state index in [1.807, 2.05) is 11.3 Å². The lowest BCUT2D eigenvalue weighted by Gasteiger charge is -2.30. The summed E-state index contributed by atoms with van der Waals surface area (Å²) in [6.45, 7) is 0. The van der Waals surface area contributed by atoms with Gasteiger partial charge in [-0.2, -0.15) is 0 Å². The second-order valence-corrected chi connectivity index (χ2v) is 17.7. The highest BCUT2D eigenvalue weighted by Crippen LogP contribution is 2.63. The van der Waals surface area contributed by atoms with Crippen molar-refractivity contribution in [1.29, 1.82) is 0 Å². The van der Waals surface area contributed by atoms with E-state index in [0.29, 0.717) is 17.1 Å². The van der Waals surface area contributed by atoms with E-state index in [9.17, 15) is 0 Å². The number of nitrogens with zero attached hydrogens (tertiary/aromatic N) is 3. The highest BCUT2D eigenvalue weighted by molar-refractivity contribution is 7.26. The Morgan fingerprint density at radius 1 is 0.323 bits per heavy atom. The summed E-state index contributed by atoms with van der Waals surface area (Å²) < 4.78 is 2.46. The average Bonchev–Trinajstić information content (AvgIpc) is 3.97. The molecule has 2 aliphatic carbocycles. The zero-order valence-electron chi connectivity index (χ0n) is 33.3. The number of fused-ring (bicyclic) bond motifs is 20. The minimum atomic E-state index is -0.438. The second kappa shape index (κ2) is 12.6. The molecule has 0 saturated heterocycles. The van der Waals surface area contributed by atoms with Crippen molar-refractivity contribution in [3.63, 3.8) is 0 Å². The molecule has 62 heavy (non-hydrogen) atoms. The molecule has 2 aliphatic rings. The van der Waals surface area contributed by atoms with Gasteiger partial charge in [-0.05, 0) is 108 Å². The predicted molar refractivity (Wildman–Crippen MR) is 259 cm³/mol. The summed E-state index contributed by atoms with van der Waals surface area (Å²) >= 11 is 1.82. The quantitative estimate of drug-likeness (QED) is 0.175. The first-order valence-electron chi connectivity index (χ1n) is 21.2. The van der Waals surface area contributed by atoms with Crippen LogP contribution in [0, 0.1) is 0 Å². The van der Waals surface area contributed by atoms with Crippen molar-refractivity contribution >= 4 is 75.1 Å². The summed E-state index contributed by atoms with van der Waals surface area (Å²) in [6.07, 6.45) is 0. The van der Waals surface area contributed by atoms with Gasteiger partial charge in [-0.15, -0.1) is 11.3 Å². The van der Waals surface area contributed by atoms with E-state index >= 15 is 0 Å². The van der Waals surface area contributed by atoms with Crippen LogP contribution in [0.3, 0.4) is 0 Å².